The summed E-state index contributed by atoms with van der Waals surface area (Å²) in [6.07, 6.45) is 1.65. The Balaban J connectivity index is 1.69. The van der Waals surface area contributed by atoms with E-state index in [1.807, 2.05) is 30.5 Å². The van der Waals surface area contributed by atoms with E-state index in [9.17, 15) is 4.79 Å². The van der Waals surface area contributed by atoms with Gasteiger partial charge in [-0.3, -0.25) is 4.79 Å². The molecule has 8 heteroatoms. The third-order valence-corrected chi connectivity index (χ3v) is 4.81. The molecular formula is C16H13ClN4OS2. The van der Waals surface area contributed by atoms with Crippen LogP contribution in [0.4, 0.5) is 5.13 Å². The molecule has 2 aromatic heterocycles. The lowest BCUT2D eigenvalue weighted by atomic mass is 10.2. The molecule has 0 aliphatic carbocycles. The number of aryl methyl sites for hydroxylation is 1. The lowest BCUT2D eigenvalue weighted by Gasteiger charge is -2.06. The van der Waals surface area contributed by atoms with Gasteiger partial charge in [-0.25, -0.2) is 15.0 Å². The first kappa shape index (κ1) is 16.9. The summed E-state index contributed by atoms with van der Waals surface area (Å²) in [6, 6.07) is 9.22. The molecule has 0 spiro atoms. The molecule has 0 unspecified atom stereocenters. The molecule has 0 aliphatic heterocycles. The number of rotatable bonds is 5. The van der Waals surface area contributed by atoms with E-state index in [1.54, 1.807) is 18.3 Å². The van der Waals surface area contributed by atoms with E-state index in [-0.39, 0.29) is 11.7 Å². The summed E-state index contributed by atoms with van der Waals surface area (Å²) in [5.41, 5.74) is 1.73. The molecule has 0 bridgehead atoms. The molecule has 1 N–H and O–H groups in total. The highest BCUT2D eigenvalue weighted by molar-refractivity contribution is 7.99. The van der Waals surface area contributed by atoms with Gasteiger partial charge >= 0.3 is 0 Å². The number of amides is 1. The summed E-state index contributed by atoms with van der Waals surface area (Å²) in [5, 5.41) is 6.58. The third-order valence-electron chi connectivity index (χ3n) is 2.96. The van der Waals surface area contributed by atoms with E-state index in [2.05, 4.69) is 20.3 Å². The Morgan fingerprint density at radius 1 is 1.29 bits per heavy atom. The largest absolute Gasteiger partial charge is 0.301 e. The van der Waals surface area contributed by atoms with Crippen molar-refractivity contribution in [3.63, 3.8) is 0 Å². The van der Waals surface area contributed by atoms with E-state index in [1.165, 1.54) is 23.1 Å². The number of carbonyl (C=O) groups excluding carboxylic acids is 1. The normalized spacial score (nSPS) is 10.6. The second-order valence-electron chi connectivity index (χ2n) is 4.85. The molecular weight excluding hydrogens is 364 g/mol. The summed E-state index contributed by atoms with van der Waals surface area (Å²) >= 11 is 8.66. The SMILES string of the molecule is Cc1cc(SCC(=O)Nc2nccs2)nc(-c2ccc(Cl)cc2)n1. The lowest BCUT2D eigenvalue weighted by molar-refractivity contribution is -0.113. The smallest absolute Gasteiger partial charge is 0.236 e. The number of hydrogen-bond donors (Lipinski definition) is 1. The predicted octanol–water partition coefficient (Wildman–Crippen LogP) is 4.29. The van der Waals surface area contributed by atoms with E-state index in [0.29, 0.717) is 16.0 Å². The zero-order valence-corrected chi connectivity index (χ0v) is 15.1. The highest BCUT2D eigenvalue weighted by Crippen LogP contribution is 2.23. The van der Waals surface area contributed by atoms with Gasteiger partial charge in [0.2, 0.25) is 5.91 Å². The van der Waals surface area contributed by atoms with Crippen LogP contribution in [0.2, 0.25) is 5.02 Å². The van der Waals surface area contributed by atoms with E-state index >= 15 is 0 Å². The molecule has 0 radical (unpaired) electrons. The van der Waals surface area contributed by atoms with Crippen LogP contribution < -0.4 is 5.32 Å². The number of hydrogen-bond acceptors (Lipinski definition) is 6. The monoisotopic (exact) mass is 376 g/mol. The van der Waals surface area contributed by atoms with Gasteiger partial charge in [-0.1, -0.05) is 23.4 Å². The molecule has 1 aromatic carbocycles. The minimum atomic E-state index is -0.112. The topological polar surface area (TPSA) is 67.8 Å². The van der Waals surface area contributed by atoms with Crippen molar-refractivity contribution in [1.29, 1.82) is 0 Å². The van der Waals surface area contributed by atoms with Crippen LogP contribution in [-0.2, 0) is 4.79 Å². The Labute approximate surface area is 152 Å². The van der Waals surface area contributed by atoms with Crippen molar-refractivity contribution in [2.45, 2.75) is 11.9 Å². The predicted molar refractivity (Wildman–Crippen MR) is 98.7 cm³/mol. The molecule has 2 heterocycles. The summed E-state index contributed by atoms with van der Waals surface area (Å²) in [5.74, 6) is 0.768. The van der Waals surface area contributed by atoms with Crippen LogP contribution in [0, 0.1) is 6.92 Å². The van der Waals surface area contributed by atoms with Crippen molar-refractivity contribution in [1.82, 2.24) is 15.0 Å². The van der Waals surface area contributed by atoms with Crippen LogP contribution in [0.15, 0.2) is 46.9 Å². The van der Waals surface area contributed by atoms with Crippen LogP contribution >= 0.6 is 34.7 Å². The van der Waals surface area contributed by atoms with Crippen molar-refractivity contribution in [2.75, 3.05) is 11.1 Å². The maximum atomic E-state index is 11.9. The first-order valence-corrected chi connectivity index (χ1v) is 9.28. The molecule has 122 valence electrons. The number of halogens is 1. The Morgan fingerprint density at radius 3 is 2.79 bits per heavy atom. The Kier molecular flexibility index (Phi) is 5.44. The van der Waals surface area contributed by atoms with E-state index in [4.69, 9.17) is 11.6 Å². The minimum absolute atomic E-state index is 0.112. The zero-order valence-electron chi connectivity index (χ0n) is 12.7. The molecule has 3 aromatic rings. The fraction of sp³-hybridized carbons (Fsp3) is 0.125. The number of nitrogens with one attached hydrogen (secondary N) is 1. The summed E-state index contributed by atoms with van der Waals surface area (Å²) in [4.78, 5) is 24.9. The average molecular weight is 377 g/mol. The number of nitrogens with zero attached hydrogens (tertiary/aromatic N) is 3. The fourth-order valence-electron chi connectivity index (χ4n) is 1.92. The van der Waals surface area contributed by atoms with Crippen LogP contribution in [-0.4, -0.2) is 26.6 Å². The average Bonchev–Trinajstić information content (AvgIpc) is 3.06. The summed E-state index contributed by atoms with van der Waals surface area (Å²) in [6.45, 7) is 1.90. The van der Waals surface area contributed by atoms with Crippen molar-refractivity contribution >= 4 is 45.7 Å². The van der Waals surface area contributed by atoms with Gasteiger partial charge in [-0.15, -0.1) is 11.3 Å². The fourth-order valence-corrected chi connectivity index (χ4v) is 3.35. The van der Waals surface area contributed by atoms with Crippen molar-refractivity contribution in [2.24, 2.45) is 0 Å². The van der Waals surface area contributed by atoms with Gasteiger partial charge < -0.3 is 5.32 Å². The lowest BCUT2D eigenvalue weighted by Crippen LogP contribution is -2.13. The molecule has 0 fully saturated rings. The van der Waals surface area contributed by atoms with Crippen LogP contribution in [0.3, 0.4) is 0 Å². The molecule has 0 saturated carbocycles. The number of anilines is 1. The number of aromatic nitrogens is 3. The number of thiazole rings is 1. The highest BCUT2D eigenvalue weighted by atomic mass is 35.5. The van der Waals surface area contributed by atoms with Crippen LogP contribution in [0.25, 0.3) is 11.4 Å². The molecule has 5 nitrogen and oxygen atoms in total. The van der Waals surface area contributed by atoms with Crippen LogP contribution in [0.5, 0.6) is 0 Å². The van der Waals surface area contributed by atoms with Gasteiger partial charge in [0.15, 0.2) is 11.0 Å². The standard InChI is InChI=1S/C16H13ClN4OS2/c1-10-8-14(24-9-13(22)20-16-18-6-7-23-16)21-15(19-10)11-2-4-12(17)5-3-11/h2-8H,9H2,1H3,(H,18,20,22). The maximum absolute atomic E-state index is 11.9. The molecule has 0 saturated heterocycles. The Bertz CT molecular complexity index is 838. The Hall–Kier alpha value is -1.96. The number of benzene rings is 1. The third kappa shape index (κ3) is 4.53. The zero-order chi connectivity index (χ0) is 16.9. The van der Waals surface area contributed by atoms with Gasteiger partial charge in [0, 0.05) is 27.9 Å². The van der Waals surface area contributed by atoms with Crippen molar-refractivity contribution in [3.8, 4) is 11.4 Å². The van der Waals surface area contributed by atoms with Crippen LogP contribution in [0.1, 0.15) is 5.69 Å². The van der Waals surface area contributed by atoms with E-state index in [0.717, 1.165) is 16.3 Å². The minimum Gasteiger partial charge on any atom is -0.301 e. The number of carbonyl (C=O) groups is 1. The first-order valence-electron chi connectivity index (χ1n) is 7.04. The van der Waals surface area contributed by atoms with Crippen molar-refractivity contribution in [3.05, 3.63) is 52.6 Å². The second-order valence-corrected chi connectivity index (χ2v) is 7.18. The van der Waals surface area contributed by atoms with Gasteiger partial charge in [0.25, 0.3) is 0 Å². The quantitative estimate of drug-likeness (QED) is 0.531. The Morgan fingerprint density at radius 2 is 2.08 bits per heavy atom. The highest BCUT2D eigenvalue weighted by Gasteiger charge is 2.09. The second kappa shape index (κ2) is 7.74. The van der Waals surface area contributed by atoms with E-state index < -0.39 is 0 Å². The van der Waals surface area contributed by atoms with Gasteiger partial charge in [0.05, 0.1) is 5.75 Å². The van der Waals surface area contributed by atoms with Gasteiger partial charge in [0.1, 0.15) is 5.03 Å². The first-order chi connectivity index (χ1) is 11.6. The summed E-state index contributed by atoms with van der Waals surface area (Å²) in [7, 11) is 0. The molecule has 0 atom stereocenters. The maximum Gasteiger partial charge on any atom is 0.236 e. The number of thioether (sulfide) groups is 1. The van der Waals surface area contributed by atoms with Crippen molar-refractivity contribution < 1.29 is 4.79 Å². The molecule has 24 heavy (non-hydrogen) atoms. The molecule has 1 amide bonds. The van der Waals surface area contributed by atoms with Gasteiger partial charge in [-0.2, -0.15) is 0 Å². The molecule has 0 aliphatic rings. The van der Waals surface area contributed by atoms with Gasteiger partial charge in [-0.05, 0) is 37.3 Å². The molecule has 3 rings (SSSR count). The summed E-state index contributed by atoms with van der Waals surface area (Å²) < 4.78 is 0.